The molecule has 0 bridgehead atoms. The highest BCUT2D eigenvalue weighted by Gasteiger charge is 2.44. The third-order valence-electron chi connectivity index (χ3n) is 6.52. The molecule has 1 spiro atoms. The standard InChI is InChI=1S/C23H32N4O2/c1-4-8-18-15-21(26(3)24-18)22(28)27-13-11-23(12-14-27)16-20(17-29-23)25(2)19-9-6-5-7-10-19/h5-7,9-10,15,20H,4,8,11-14,16-17H2,1-3H3/t20-/m0/s1. The van der Waals surface area contributed by atoms with Crippen LogP contribution in [0.3, 0.4) is 0 Å². The van der Waals surface area contributed by atoms with Crippen molar-refractivity contribution >= 4 is 11.6 Å². The van der Waals surface area contributed by atoms with Gasteiger partial charge in [-0.15, -0.1) is 0 Å². The summed E-state index contributed by atoms with van der Waals surface area (Å²) in [5.41, 5.74) is 2.82. The second kappa shape index (κ2) is 8.19. The minimum Gasteiger partial charge on any atom is -0.373 e. The summed E-state index contributed by atoms with van der Waals surface area (Å²) in [5.74, 6) is 0.0909. The van der Waals surface area contributed by atoms with Crippen molar-refractivity contribution in [2.24, 2.45) is 7.05 Å². The number of aromatic nitrogens is 2. The van der Waals surface area contributed by atoms with Crippen molar-refractivity contribution < 1.29 is 9.53 Å². The lowest BCUT2D eigenvalue weighted by molar-refractivity contribution is -0.0390. The van der Waals surface area contributed by atoms with Gasteiger partial charge in [0.2, 0.25) is 0 Å². The Bertz CT molecular complexity index is 840. The first-order chi connectivity index (χ1) is 14.0. The van der Waals surface area contributed by atoms with Crippen LogP contribution in [-0.2, 0) is 18.2 Å². The molecule has 1 atom stereocenters. The van der Waals surface area contributed by atoms with Crippen LogP contribution in [0.4, 0.5) is 5.69 Å². The van der Waals surface area contributed by atoms with Crippen LogP contribution in [0.5, 0.6) is 0 Å². The number of piperidine rings is 1. The number of para-hydroxylation sites is 1. The number of ether oxygens (including phenoxy) is 1. The van der Waals surface area contributed by atoms with Crippen molar-refractivity contribution in [1.29, 1.82) is 0 Å². The van der Waals surface area contributed by atoms with Crippen molar-refractivity contribution in [2.45, 2.75) is 50.7 Å². The molecular weight excluding hydrogens is 364 g/mol. The average molecular weight is 397 g/mol. The number of hydrogen-bond acceptors (Lipinski definition) is 4. The lowest BCUT2D eigenvalue weighted by atomic mass is 9.87. The van der Waals surface area contributed by atoms with E-state index < -0.39 is 0 Å². The largest absolute Gasteiger partial charge is 0.373 e. The van der Waals surface area contributed by atoms with Crippen LogP contribution in [-0.4, -0.2) is 59.0 Å². The van der Waals surface area contributed by atoms with Crippen LogP contribution in [0.1, 0.15) is 48.8 Å². The molecule has 0 saturated carbocycles. The molecule has 0 radical (unpaired) electrons. The highest BCUT2D eigenvalue weighted by Crippen LogP contribution is 2.38. The minimum absolute atomic E-state index is 0.0909. The fraction of sp³-hybridized carbons (Fsp3) is 0.565. The van der Waals surface area contributed by atoms with E-state index in [9.17, 15) is 4.79 Å². The van der Waals surface area contributed by atoms with Gasteiger partial charge in [0.15, 0.2) is 0 Å². The van der Waals surface area contributed by atoms with Gasteiger partial charge in [-0.2, -0.15) is 5.10 Å². The molecule has 156 valence electrons. The summed E-state index contributed by atoms with van der Waals surface area (Å²) in [7, 11) is 4.01. The number of benzene rings is 1. The van der Waals surface area contributed by atoms with Crippen LogP contribution in [0.15, 0.2) is 36.4 Å². The van der Waals surface area contributed by atoms with Gasteiger partial charge in [-0.3, -0.25) is 9.48 Å². The molecule has 0 unspecified atom stereocenters. The molecule has 2 fully saturated rings. The Hall–Kier alpha value is -2.34. The minimum atomic E-state index is -0.0929. The highest BCUT2D eigenvalue weighted by molar-refractivity contribution is 5.92. The Labute approximate surface area is 173 Å². The van der Waals surface area contributed by atoms with Gasteiger partial charge >= 0.3 is 0 Å². The summed E-state index contributed by atoms with van der Waals surface area (Å²) in [6, 6.07) is 12.8. The van der Waals surface area contributed by atoms with Gasteiger partial charge in [-0.1, -0.05) is 31.5 Å². The van der Waals surface area contributed by atoms with E-state index in [4.69, 9.17) is 4.74 Å². The number of aryl methyl sites for hydroxylation is 2. The Kier molecular flexibility index (Phi) is 5.63. The summed E-state index contributed by atoms with van der Waals surface area (Å²) >= 11 is 0. The van der Waals surface area contributed by atoms with Crippen LogP contribution in [0, 0.1) is 0 Å². The molecule has 29 heavy (non-hydrogen) atoms. The second-order valence-corrected chi connectivity index (χ2v) is 8.49. The van der Waals surface area contributed by atoms with Gasteiger partial charge in [0.25, 0.3) is 5.91 Å². The molecule has 0 N–H and O–H groups in total. The van der Waals surface area contributed by atoms with Gasteiger partial charge in [-0.25, -0.2) is 0 Å². The molecule has 1 aromatic carbocycles. The first kappa shape index (κ1) is 20.0. The second-order valence-electron chi connectivity index (χ2n) is 8.49. The topological polar surface area (TPSA) is 50.6 Å². The molecule has 6 nitrogen and oxygen atoms in total. The maximum absolute atomic E-state index is 13.0. The molecule has 0 aliphatic carbocycles. The fourth-order valence-electron chi connectivity index (χ4n) is 4.68. The lowest BCUT2D eigenvalue weighted by Gasteiger charge is -2.39. The summed E-state index contributed by atoms with van der Waals surface area (Å²) in [6.45, 7) is 4.37. The normalized spacial score (nSPS) is 20.9. The van der Waals surface area contributed by atoms with E-state index in [1.807, 2.05) is 24.1 Å². The Morgan fingerprint density at radius 1 is 1.28 bits per heavy atom. The number of hydrogen-bond donors (Lipinski definition) is 0. The number of rotatable bonds is 5. The zero-order valence-corrected chi connectivity index (χ0v) is 17.8. The van der Waals surface area contributed by atoms with E-state index in [1.54, 1.807) is 4.68 Å². The number of amides is 1. The van der Waals surface area contributed by atoms with Gasteiger partial charge in [0.05, 0.1) is 23.9 Å². The maximum atomic E-state index is 13.0. The first-order valence-corrected chi connectivity index (χ1v) is 10.8. The van der Waals surface area contributed by atoms with Crippen LogP contribution < -0.4 is 4.90 Å². The molecule has 2 saturated heterocycles. The van der Waals surface area contributed by atoms with Crippen molar-refractivity contribution in [3.05, 3.63) is 47.8 Å². The van der Waals surface area contributed by atoms with Gasteiger partial charge in [0, 0.05) is 32.9 Å². The van der Waals surface area contributed by atoms with Crippen LogP contribution in [0.25, 0.3) is 0 Å². The molecule has 6 heteroatoms. The zero-order chi connectivity index (χ0) is 20.4. The summed E-state index contributed by atoms with van der Waals surface area (Å²) < 4.78 is 8.06. The highest BCUT2D eigenvalue weighted by atomic mass is 16.5. The summed E-state index contributed by atoms with van der Waals surface area (Å²) in [5, 5.41) is 4.48. The molecule has 2 aliphatic rings. The monoisotopic (exact) mass is 396 g/mol. The van der Waals surface area contributed by atoms with Crippen molar-refractivity contribution in [3.8, 4) is 0 Å². The van der Waals surface area contributed by atoms with Crippen LogP contribution >= 0.6 is 0 Å². The number of likely N-dealkylation sites (tertiary alicyclic amines) is 1. The van der Waals surface area contributed by atoms with Gasteiger partial charge in [-0.05, 0) is 43.9 Å². The number of likely N-dealkylation sites (N-methyl/N-ethyl adjacent to an activating group) is 1. The Balaban J connectivity index is 1.36. The Morgan fingerprint density at radius 2 is 2.00 bits per heavy atom. The van der Waals surface area contributed by atoms with Gasteiger partial charge in [0.1, 0.15) is 5.69 Å². The quantitative estimate of drug-likeness (QED) is 0.778. The lowest BCUT2D eigenvalue weighted by Crippen LogP contribution is -2.47. The third-order valence-corrected chi connectivity index (χ3v) is 6.52. The number of carbonyl (C=O) groups excluding carboxylic acids is 1. The molecule has 1 amide bonds. The predicted octanol–water partition coefficient (Wildman–Crippen LogP) is 3.27. The van der Waals surface area contributed by atoms with E-state index in [-0.39, 0.29) is 11.5 Å². The van der Waals surface area contributed by atoms with Crippen molar-refractivity contribution in [1.82, 2.24) is 14.7 Å². The summed E-state index contributed by atoms with van der Waals surface area (Å²) in [4.78, 5) is 17.3. The zero-order valence-electron chi connectivity index (χ0n) is 17.8. The van der Waals surface area contributed by atoms with E-state index in [1.165, 1.54) is 5.69 Å². The van der Waals surface area contributed by atoms with Crippen molar-refractivity contribution in [2.75, 3.05) is 31.6 Å². The molecular formula is C23H32N4O2. The molecule has 4 rings (SSSR count). The average Bonchev–Trinajstić information content (AvgIpc) is 3.32. The third kappa shape index (κ3) is 4.04. The van der Waals surface area contributed by atoms with E-state index in [2.05, 4.69) is 48.2 Å². The van der Waals surface area contributed by atoms with E-state index in [0.29, 0.717) is 11.7 Å². The molecule has 2 aliphatic heterocycles. The predicted molar refractivity (Wildman–Crippen MR) is 114 cm³/mol. The number of nitrogens with zero attached hydrogens (tertiary/aromatic N) is 4. The molecule has 3 heterocycles. The smallest absolute Gasteiger partial charge is 0.272 e. The molecule has 2 aromatic rings. The van der Waals surface area contributed by atoms with E-state index in [0.717, 1.165) is 57.5 Å². The van der Waals surface area contributed by atoms with Crippen molar-refractivity contribution in [3.63, 3.8) is 0 Å². The number of anilines is 1. The SMILES string of the molecule is CCCc1cc(C(=O)N2CCC3(CC2)C[C@H](N(C)c2ccccc2)CO3)n(C)n1. The van der Waals surface area contributed by atoms with E-state index >= 15 is 0 Å². The molecule has 1 aromatic heterocycles. The summed E-state index contributed by atoms with van der Waals surface area (Å²) in [6.07, 6.45) is 4.77. The Morgan fingerprint density at radius 3 is 2.69 bits per heavy atom. The first-order valence-electron chi connectivity index (χ1n) is 10.8. The van der Waals surface area contributed by atoms with Gasteiger partial charge < -0.3 is 14.5 Å². The fourth-order valence-corrected chi connectivity index (χ4v) is 4.68. The van der Waals surface area contributed by atoms with Crippen LogP contribution in [0.2, 0.25) is 0 Å². The number of carbonyl (C=O) groups is 1. The maximum Gasteiger partial charge on any atom is 0.272 e.